The number of halogens is 1. The minimum Gasteiger partial charge on any atom is -0.339 e. The van der Waals surface area contributed by atoms with Gasteiger partial charge in [-0.2, -0.15) is 0 Å². The van der Waals surface area contributed by atoms with Gasteiger partial charge in [-0.3, -0.25) is 4.79 Å². The third kappa shape index (κ3) is 3.99. The maximum absolute atomic E-state index is 13.0. The minimum atomic E-state index is -3.82. The molecule has 0 unspecified atom stereocenters. The molecular weight excluding hydrogens is 297 g/mol. The number of carbonyl (C=O) groups excluding carboxylic acids is 1. The van der Waals surface area contributed by atoms with Gasteiger partial charge in [0.2, 0.25) is 15.9 Å². The van der Waals surface area contributed by atoms with Crippen LogP contribution in [0.4, 0.5) is 4.39 Å². The van der Waals surface area contributed by atoms with Gasteiger partial charge in [0.15, 0.2) is 0 Å². The second kappa shape index (κ2) is 6.50. The first-order valence-electron chi connectivity index (χ1n) is 6.64. The van der Waals surface area contributed by atoms with Crippen LogP contribution in [0.15, 0.2) is 23.1 Å². The van der Waals surface area contributed by atoms with Crippen LogP contribution in [0.1, 0.15) is 5.56 Å². The molecule has 116 valence electrons. The molecule has 2 N–H and O–H groups in total. The van der Waals surface area contributed by atoms with Crippen LogP contribution in [0.5, 0.6) is 0 Å². The molecule has 0 aliphatic carbocycles. The lowest BCUT2D eigenvalue weighted by molar-refractivity contribution is -0.130. The zero-order chi connectivity index (χ0) is 15.5. The third-order valence-corrected chi connectivity index (χ3v) is 4.87. The predicted octanol–water partition coefficient (Wildman–Crippen LogP) is -0.156. The van der Waals surface area contributed by atoms with Crippen LogP contribution in [-0.4, -0.2) is 51.9 Å². The number of carbonyl (C=O) groups is 1. The Balaban J connectivity index is 2.02. The molecule has 21 heavy (non-hydrogen) atoms. The van der Waals surface area contributed by atoms with Crippen molar-refractivity contribution >= 4 is 15.9 Å². The normalized spacial score (nSPS) is 16.0. The van der Waals surface area contributed by atoms with Gasteiger partial charge in [0.05, 0.1) is 11.4 Å². The average Bonchev–Trinajstić information content (AvgIpc) is 2.45. The molecule has 1 aromatic carbocycles. The summed E-state index contributed by atoms with van der Waals surface area (Å²) >= 11 is 0. The van der Waals surface area contributed by atoms with E-state index in [0.29, 0.717) is 31.7 Å². The third-order valence-electron chi connectivity index (χ3n) is 3.31. The molecule has 1 aliphatic rings. The highest BCUT2D eigenvalue weighted by atomic mass is 32.2. The Bertz CT molecular complexity index is 628. The maximum Gasteiger partial charge on any atom is 0.241 e. The highest BCUT2D eigenvalue weighted by Gasteiger charge is 2.21. The SMILES string of the molecule is Cc1cc(F)ccc1S(=O)(=O)NCC(=O)N1CCNCC1. The van der Waals surface area contributed by atoms with E-state index in [0.717, 1.165) is 12.1 Å². The summed E-state index contributed by atoms with van der Waals surface area (Å²) in [5, 5.41) is 3.11. The summed E-state index contributed by atoms with van der Waals surface area (Å²) in [6, 6.07) is 3.43. The fraction of sp³-hybridized carbons (Fsp3) is 0.462. The first kappa shape index (κ1) is 15.9. The fourth-order valence-corrected chi connectivity index (χ4v) is 3.37. The van der Waals surface area contributed by atoms with Crippen molar-refractivity contribution in [2.24, 2.45) is 0 Å². The van der Waals surface area contributed by atoms with Gasteiger partial charge in [-0.15, -0.1) is 0 Å². The van der Waals surface area contributed by atoms with Gasteiger partial charge >= 0.3 is 0 Å². The number of amides is 1. The van der Waals surface area contributed by atoms with Gasteiger partial charge in [0.1, 0.15) is 5.82 Å². The highest BCUT2D eigenvalue weighted by Crippen LogP contribution is 2.15. The van der Waals surface area contributed by atoms with Crippen LogP contribution in [-0.2, 0) is 14.8 Å². The second-order valence-corrected chi connectivity index (χ2v) is 6.60. The molecule has 0 aromatic heterocycles. The molecule has 0 radical (unpaired) electrons. The van der Waals surface area contributed by atoms with E-state index in [1.54, 1.807) is 4.90 Å². The summed E-state index contributed by atoms with van der Waals surface area (Å²) in [5.74, 6) is -0.761. The quantitative estimate of drug-likeness (QED) is 0.810. The molecular formula is C13H18FN3O3S. The van der Waals surface area contributed by atoms with Crippen molar-refractivity contribution in [2.75, 3.05) is 32.7 Å². The number of sulfonamides is 1. The second-order valence-electron chi connectivity index (χ2n) is 4.87. The van der Waals surface area contributed by atoms with Crippen LogP contribution in [0.2, 0.25) is 0 Å². The highest BCUT2D eigenvalue weighted by molar-refractivity contribution is 7.89. The average molecular weight is 315 g/mol. The van der Waals surface area contributed by atoms with Crippen LogP contribution < -0.4 is 10.0 Å². The zero-order valence-corrected chi connectivity index (χ0v) is 12.5. The number of rotatable bonds is 4. The maximum atomic E-state index is 13.0. The molecule has 0 atom stereocenters. The van der Waals surface area contributed by atoms with Crippen molar-refractivity contribution < 1.29 is 17.6 Å². The molecule has 6 nitrogen and oxygen atoms in total. The summed E-state index contributed by atoms with van der Waals surface area (Å²) in [5.41, 5.74) is 0.303. The van der Waals surface area contributed by atoms with Crippen molar-refractivity contribution in [3.05, 3.63) is 29.6 Å². The molecule has 0 spiro atoms. The molecule has 1 fully saturated rings. The van der Waals surface area contributed by atoms with E-state index < -0.39 is 15.8 Å². The van der Waals surface area contributed by atoms with Crippen molar-refractivity contribution in [3.8, 4) is 0 Å². The molecule has 8 heteroatoms. The lowest BCUT2D eigenvalue weighted by Crippen LogP contribution is -2.49. The van der Waals surface area contributed by atoms with Crippen LogP contribution in [0.25, 0.3) is 0 Å². The van der Waals surface area contributed by atoms with E-state index in [1.165, 1.54) is 13.0 Å². The minimum absolute atomic E-state index is 0.0167. The number of nitrogens with zero attached hydrogens (tertiary/aromatic N) is 1. The van der Waals surface area contributed by atoms with E-state index in [-0.39, 0.29) is 17.3 Å². The Labute approximate surface area is 123 Å². The van der Waals surface area contributed by atoms with E-state index in [1.807, 2.05) is 0 Å². The summed E-state index contributed by atoms with van der Waals surface area (Å²) in [6.07, 6.45) is 0. The Morgan fingerprint density at radius 3 is 2.67 bits per heavy atom. The van der Waals surface area contributed by atoms with Gasteiger partial charge in [0.25, 0.3) is 0 Å². The van der Waals surface area contributed by atoms with Crippen LogP contribution in [0.3, 0.4) is 0 Å². The predicted molar refractivity (Wildman–Crippen MR) is 75.8 cm³/mol. The van der Waals surface area contributed by atoms with Crippen molar-refractivity contribution in [1.82, 2.24) is 14.9 Å². The lowest BCUT2D eigenvalue weighted by Gasteiger charge is -2.27. The molecule has 0 bridgehead atoms. The first-order valence-corrected chi connectivity index (χ1v) is 8.13. The van der Waals surface area contributed by atoms with Gasteiger partial charge in [-0.1, -0.05) is 0 Å². The number of hydrogen-bond donors (Lipinski definition) is 2. The van der Waals surface area contributed by atoms with Crippen molar-refractivity contribution in [1.29, 1.82) is 0 Å². The van der Waals surface area contributed by atoms with Gasteiger partial charge in [-0.25, -0.2) is 17.5 Å². The fourth-order valence-electron chi connectivity index (χ4n) is 2.17. The molecule has 0 saturated carbocycles. The molecule has 2 rings (SSSR count). The van der Waals surface area contributed by atoms with E-state index in [4.69, 9.17) is 0 Å². The summed E-state index contributed by atoms with van der Waals surface area (Å²) in [6.45, 7) is 3.76. The Morgan fingerprint density at radius 2 is 2.05 bits per heavy atom. The molecule has 1 amide bonds. The Kier molecular flexibility index (Phi) is 4.92. The van der Waals surface area contributed by atoms with E-state index in [9.17, 15) is 17.6 Å². The number of piperazine rings is 1. The number of aryl methyl sites for hydroxylation is 1. The summed E-state index contributed by atoms with van der Waals surface area (Å²) in [4.78, 5) is 13.5. The standard InChI is InChI=1S/C13H18FN3O3S/c1-10-8-11(14)2-3-12(10)21(19,20)16-9-13(18)17-6-4-15-5-7-17/h2-3,8,15-16H,4-7,9H2,1H3. The van der Waals surface area contributed by atoms with E-state index >= 15 is 0 Å². The number of hydrogen-bond acceptors (Lipinski definition) is 4. The summed E-state index contributed by atoms with van der Waals surface area (Å²) in [7, 11) is -3.82. The number of nitrogens with one attached hydrogen (secondary N) is 2. The molecule has 1 heterocycles. The van der Waals surface area contributed by atoms with Gasteiger partial charge < -0.3 is 10.2 Å². The summed E-state index contributed by atoms with van der Waals surface area (Å²) < 4.78 is 39.6. The molecule has 1 aliphatic heterocycles. The van der Waals surface area contributed by atoms with Crippen LogP contribution >= 0.6 is 0 Å². The molecule has 1 aromatic rings. The van der Waals surface area contributed by atoms with Gasteiger partial charge in [-0.05, 0) is 30.7 Å². The van der Waals surface area contributed by atoms with Crippen molar-refractivity contribution in [2.45, 2.75) is 11.8 Å². The largest absolute Gasteiger partial charge is 0.339 e. The zero-order valence-electron chi connectivity index (χ0n) is 11.7. The van der Waals surface area contributed by atoms with Gasteiger partial charge in [0, 0.05) is 26.2 Å². The number of benzene rings is 1. The topological polar surface area (TPSA) is 78.5 Å². The lowest BCUT2D eigenvalue weighted by atomic mass is 10.2. The monoisotopic (exact) mass is 315 g/mol. The first-order chi connectivity index (χ1) is 9.90. The smallest absolute Gasteiger partial charge is 0.241 e. The van der Waals surface area contributed by atoms with E-state index in [2.05, 4.69) is 10.0 Å². The van der Waals surface area contributed by atoms with Crippen molar-refractivity contribution in [3.63, 3.8) is 0 Å². The Morgan fingerprint density at radius 1 is 1.38 bits per heavy atom. The Hall–Kier alpha value is -1.51. The molecule has 1 saturated heterocycles. The van der Waals surface area contributed by atoms with Crippen LogP contribution in [0, 0.1) is 12.7 Å².